The molecule has 9 nitrogen and oxygen atoms in total. The summed E-state index contributed by atoms with van der Waals surface area (Å²) in [5, 5.41) is 20.3. The van der Waals surface area contributed by atoms with Crippen LogP contribution in [-0.2, 0) is 21.4 Å². The van der Waals surface area contributed by atoms with Crippen LogP contribution in [0, 0.1) is 10.1 Å². The average Bonchev–Trinajstić information content (AvgIpc) is 3.04. The van der Waals surface area contributed by atoms with Gasteiger partial charge in [-0.25, -0.2) is 8.42 Å². The van der Waals surface area contributed by atoms with Crippen LogP contribution in [0.1, 0.15) is 12.7 Å². The first-order valence-corrected chi connectivity index (χ1v) is 8.19. The van der Waals surface area contributed by atoms with E-state index in [4.69, 9.17) is 4.42 Å². The molecular weight excluding hydrogens is 340 g/mol. The van der Waals surface area contributed by atoms with E-state index in [-0.39, 0.29) is 12.3 Å². The lowest BCUT2D eigenvalue weighted by Gasteiger charge is -2.24. The topological polar surface area (TPSA) is 131 Å². The van der Waals surface area contributed by atoms with Crippen molar-refractivity contribution in [3.63, 3.8) is 0 Å². The molecule has 0 fully saturated rings. The summed E-state index contributed by atoms with van der Waals surface area (Å²) in [5.74, 6) is -1.17. The Balaban J connectivity index is 2.55. The van der Waals surface area contributed by atoms with Crippen LogP contribution in [0.15, 0.2) is 52.0 Å². The van der Waals surface area contributed by atoms with E-state index >= 15 is 0 Å². The van der Waals surface area contributed by atoms with Gasteiger partial charge in [-0.2, -0.15) is 4.31 Å². The summed E-state index contributed by atoms with van der Waals surface area (Å²) in [5.41, 5.74) is -0.625. The van der Waals surface area contributed by atoms with Crippen molar-refractivity contribution in [2.45, 2.75) is 24.4 Å². The Bertz CT molecular complexity index is 846. The van der Waals surface area contributed by atoms with Crippen molar-refractivity contribution in [3.8, 4) is 0 Å². The smallest absolute Gasteiger partial charge is 0.321 e. The van der Waals surface area contributed by atoms with Crippen molar-refractivity contribution in [2.75, 3.05) is 0 Å². The van der Waals surface area contributed by atoms with Crippen molar-refractivity contribution >= 4 is 21.7 Å². The number of carboxylic acid groups (broad SMARTS) is 1. The Kier molecular flexibility index (Phi) is 5.00. The molecule has 1 unspecified atom stereocenters. The molecule has 2 rings (SSSR count). The molecule has 0 aliphatic rings. The summed E-state index contributed by atoms with van der Waals surface area (Å²) in [7, 11) is -4.45. The van der Waals surface area contributed by atoms with Gasteiger partial charge in [0.1, 0.15) is 11.8 Å². The van der Waals surface area contributed by atoms with E-state index in [0.29, 0.717) is 4.31 Å². The van der Waals surface area contributed by atoms with E-state index < -0.39 is 37.5 Å². The summed E-state index contributed by atoms with van der Waals surface area (Å²) >= 11 is 0. The predicted molar refractivity (Wildman–Crippen MR) is 81.6 cm³/mol. The predicted octanol–water partition coefficient (Wildman–Crippen LogP) is 1.85. The number of rotatable bonds is 7. The van der Waals surface area contributed by atoms with Crippen LogP contribution in [-0.4, -0.2) is 34.8 Å². The number of nitro benzene ring substituents is 1. The molecule has 2 aromatic rings. The molecule has 0 saturated heterocycles. The molecule has 0 aliphatic carbocycles. The summed E-state index contributed by atoms with van der Waals surface area (Å²) in [6.45, 7) is 0.812. The van der Waals surface area contributed by atoms with Crippen LogP contribution in [0.3, 0.4) is 0 Å². The molecular formula is C14H14N2O7S. The van der Waals surface area contributed by atoms with Crippen molar-refractivity contribution < 1.29 is 27.7 Å². The number of para-hydroxylation sites is 1. The average molecular weight is 354 g/mol. The first kappa shape index (κ1) is 17.6. The zero-order valence-electron chi connectivity index (χ0n) is 12.5. The van der Waals surface area contributed by atoms with Crippen LogP contribution >= 0.6 is 0 Å². The van der Waals surface area contributed by atoms with Gasteiger partial charge in [-0.1, -0.05) is 12.1 Å². The second kappa shape index (κ2) is 6.81. The molecule has 0 radical (unpaired) electrons. The summed E-state index contributed by atoms with van der Waals surface area (Å²) in [6, 6.07) is 6.33. The molecule has 0 aliphatic heterocycles. The van der Waals surface area contributed by atoms with Crippen molar-refractivity contribution in [2.24, 2.45) is 0 Å². The molecule has 1 aromatic carbocycles. The minimum atomic E-state index is -4.45. The Morgan fingerprint density at radius 2 is 2.00 bits per heavy atom. The fraction of sp³-hybridized carbons (Fsp3) is 0.214. The third-order valence-electron chi connectivity index (χ3n) is 3.33. The number of furan rings is 1. The van der Waals surface area contributed by atoms with Gasteiger partial charge in [0, 0.05) is 6.07 Å². The number of aliphatic carboxylic acids is 1. The number of nitrogens with zero attached hydrogens (tertiary/aromatic N) is 2. The minimum Gasteiger partial charge on any atom is -0.480 e. The fourth-order valence-corrected chi connectivity index (χ4v) is 3.78. The lowest BCUT2D eigenvalue weighted by atomic mass is 10.3. The van der Waals surface area contributed by atoms with Gasteiger partial charge in [-0.3, -0.25) is 14.9 Å². The highest BCUT2D eigenvalue weighted by molar-refractivity contribution is 7.89. The maximum Gasteiger partial charge on any atom is 0.321 e. The third kappa shape index (κ3) is 3.44. The molecule has 1 aromatic heterocycles. The van der Waals surface area contributed by atoms with E-state index in [0.717, 1.165) is 12.1 Å². The monoisotopic (exact) mass is 354 g/mol. The second-order valence-electron chi connectivity index (χ2n) is 4.87. The van der Waals surface area contributed by atoms with E-state index in [1.165, 1.54) is 37.5 Å². The number of carboxylic acids is 1. The molecule has 0 spiro atoms. The number of carbonyl (C=O) groups is 1. The standard InChI is InChI=1S/C14H14N2O7S/c1-10(14(17)18)15(9-11-5-4-8-23-11)24(21,22)13-7-3-2-6-12(13)16(19)20/h2-8,10H,9H2,1H3,(H,17,18). The maximum absolute atomic E-state index is 12.8. The van der Waals surface area contributed by atoms with Crippen LogP contribution in [0.4, 0.5) is 5.69 Å². The third-order valence-corrected chi connectivity index (χ3v) is 5.29. The lowest BCUT2D eigenvalue weighted by molar-refractivity contribution is -0.387. The maximum atomic E-state index is 12.8. The molecule has 0 saturated carbocycles. The Morgan fingerprint density at radius 1 is 1.33 bits per heavy atom. The summed E-state index contributed by atoms with van der Waals surface area (Å²) in [4.78, 5) is 21.0. The molecule has 0 bridgehead atoms. The van der Waals surface area contributed by atoms with Crippen molar-refractivity contribution in [1.82, 2.24) is 4.31 Å². The van der Waals surface area contributed by atoms with Gasteiger partial charge < -0.3 is 9.52 Å². The fourth-order valence-electron chi connectivity index (χ4n) is 2.06. The number of hydrogen-bond acceptors (Lipinski definition) is 6. The van der Waals surface area contributed by atoms with E-state index in [2.05, 4.69) is 0 Å². The quantitative estimate of drug-likeness (QED) is 0.593. The molecule has 0 amide bonds. The number of sulfonamides is 1. The number of benzene rings is 1. The Hall–Kier alpha value is -2.72. The zero-order valence-corrected chi connectivity index (χ0v) is 13.3. The Morgan fingerprint density at radius 3 is 2.54 bits per heavy atom. The molecule has 1 heterocycles. The van der Waals surface area contributed by atoms with Crippen LogP contribution in [0.2, 0.25) is 0 Å². The van der Waals surface area contributed by atoms with Crippen LogP contribution in [0.25, 0.3) is 0 Å². The van der Waals surface area contributed by atoms with Gasteiger partial charge >= 0.3 is 5.97 Å². The molecule has 1 atom stereocenters. The van der Waals surface area contributed by atoms with Gasteiger partial charge in [0.25, 0.3) is 15.7 Å². The normalized spacial score (nSPS) is 12.9. The summed E-state index contributed by atoms with van der Waals surface area (Å²) in [6.07, 6.45) is 1.32. The largest absolute Gasteiger partial charge is 0.480 e. The minimum absolute atomic E-state index is 0.213. The first-order chi connectivity index (χ1) is 11.2. The zero-order chi connectivity index (χ0) is 17.9. The van der Waals surface area contributed by atoms with Gasteiger partial charge in [0.15, 0.2) is 4.90 Å². The highest BCUT2D eigenvalue weighted by atomic mass is 32.2. The second-order valence-corrected chi connectivity index (χ2v) is 6.73. The van der Waals surface area contributed by atoms with Gasteiger partial charge in [-0.05, 0) is 25.1 Å². The molecule has 128 valence electrons. The first-order valence-electron chi connectivity index (χ1n) is 6.75. The SMILES string of the molecule is CC(C(=O)O)N(Cc1ccco1)S(=O)(=O)c1ccccc1[N+](=O)[O-]. The number of hydrogen-bond donors (Lipinski definition) is 1. The van der Waals surface area contributed by atoms with E-state index in [1.54, 1.807) is 0 Å². The van der Waals surface area contributed by atoms with E-state index in [1.807, 2.05) is 0 Å². The molecule has 10 heteroatoms. The van der Waals surface area contributed by atoms with Crippen LogP contribution in [0.5, 0.6) is 0 Å². The van der Waals surface area contributed by atoms with E-state index in [9.17, 15) is 28.4 Å². The van der Waals surface area contributed by atoms with Gasteiger partial charge in [0.2, 0.25) is 0 Å². The highest BCUT2D eigenvalue weighted by Gasteiger charge is 2.37. The Labute approximate surface area is 137 Å². The van der Waals surface area contributed by atoms with Gasteiger partial charge in [0.05, 0.1) is 17.7 Å². The van der Waals surface area contributed by atoms with Crippen LogP contribution < -0.4 is 0 Å². The molecule has 24 heavy (non-hydrogen) atoms. The number of nitro groups is 1. The summed E-state index contributed by atoms with van der Waals surface area (Å²) < 4.78 is 31.4. The molecule has 1 N–H and O–H groups in total. The lowest BCUT2D eigenvalue weighted by Crippen LogP contribution is -2.42. The van der Waals surface area contributed by atoms with Crippen molar-refractivity contribution in [3.05, 3.63) is 58.5 Å². The highest BCUT2D eigenvalue weighted by Crippen LogP contribution is 2.28. The van der Waals surface area contributed by atoms with Gasteiger partial charge in [-0.15, -0.1) is 0 Å². The van der Waals surface area contributed by atoms with Crippen molar-refractivity contribution in [1.29, 1.82) is 0 Å².